The quantitative estimate of drug-likeness (QED) is 0.743. The van der Waals surface area contributed by atoms with E-state index in [4.69, 9.17) is 4.74 Å². The van der Waals surface area contributed by atoms with Crippen LogP contribution in [0, 0.1) is 0 Å². The predicted octanol–water partition coefficient (Wildman–Crippen LogP) is 1.60. The molecule has 3 rings (SSSR count). The van der Waals surface area contributed by atoms with Gasteiger partial charge >= 0.3 is 0 Å². The van der Waals surface area contributed by atoms with Crippen molar-refractivity contribution in [3.05, 3.63) is 59.7 Å². The molecule has 1 aliphatic rings. The van der Waals surface area contributed by atoms with Gasteiger partial charge in [0.2, 0.25) is 15.9 Å². The number of ether oxygens (including phenoxy) is 1. The predicted molar refractivity (Wildman–Crippen MR) is 108 cm³/mol. The summed E-state index contributed by atoms with van der Waals surface area (Å²) in [6.07, 6.45) is 0. The minimum absolute atomic E-state index is 0.0558. The Kier molecular flexibility index (Phi) is 6.63. The summed E-state index contributed by atoms with van der Waals surface area (Å²) in [7, 11) is -3.70. The maximum absolute atomic E-state index is 12.4. The van der Waals surface area contributed by atoms with Crippen LogP contribution in [0.1, 0.15) is 22.8 Å². The zero-order valence-corrected chi connectivity index (χ0v) is 16.9. The van der Waals surface area contributed by atoms with Gasteiger partial charge in [0, 0.05) is 37.8 Å². The number of anilines is 1. The van der Waals surface area contributed by atoms with E-state index in [0.717, 1.165) is 5.56 Å². The van der Waals surface area contributed by atoms with Gasteiger partial charge in [-0.25, -0.2) is 13.1 Å². The van der Waals surface area contributed by atoms with Crippen LogP contribution < -0.4 is 10.0 Å². The number of carbonyl (C=O) groups excluding carboxylic acids is 2. The maximum Gasteiger partial charge on any atom is 0.254 e. The second kappa shape index (κ2) is 9.17. The number of benzene rings is 2. The highest BCUT2D eigenvalue weighted by Crippen LogP contribution is 2.15. The second-order valence-corrected chi connectivity index (χ2v) is 8.40. The lowest BCUT2D eigenvalue weighted by molar-refractivity contribution is -0.114. The molecule has 0 aromatic heterocycles. The fraction of sp³-hybridized carbons (Fsp3) is 0.300. The van der Waals surface area contributed by atoms with E-state index in [1.54, 1.807) is 29.2 Å². The summed E-state index contributed by atoms with van der Waals surface area (Å²) in [5.41, 5.74) is 1.83. The molecule has 154 valence electrons. The molecule has 1 saturated heterocycles. The van der Waals surface area contributed by atoms with Crippen LogP contribution in [0.25, 0.3) is 0 Å². The second-order valence-electron chi connectivity index (χ2n) is 6.63. The first kappa shape index (κ1) is 21.0. The lowest BCUT2D eigenvalue weighted by atomic mass is 10.1. The van der Waals surface area contributed by atoms with Crippen molar-refractivity contribution < 1.29 is 22.7 Å². The Labute approximate surface area is 169 Å². The van der Waals surface area contributed by atoms with Gasteiger partial charge in [0.05, 0.1) is 18.1 Å². The van der Waals surface area contributed by atoms with E-state index in [0.29, 0.717) is 37.6 Å². The number of rotatable bonds is 6. The molecule has 1 fully saturated rings. The van der Waals surface area contributed by atoms with Crippen LogP contribution in [0.5, 0.6) is 0 Å². The van der Waals surface area contributed by atoms with Gasteiger partial charge < -0.3 is 15.0 Å². The zero-order chi connectivity index (χ0) is 20.9. The lowest BCUT2D eigenvalue weighted by Gasteiger charge is -2.26. The van der Waals surface area contributed by atoms with Crippen LogP contribution in [0.2, 0.25) is 0 Å². The molecule has 1 heterocycles. The van der Waals surface area contributed by atoms with Crippen molar-refractivity contribution in [3.63, 3.8) is 0 Å². The zero-order valence-electron chi connectivity index (χ0n) is 16.1. The minimum Gasteiger partial charge on any atom is -0.378 e. The van der Waals surface area contributed by atoms with Crippen LogP contribution >= 0.6 is 0 Å². The summed E-state index contributed by atoms with van der Waals surface area (Å²) in [4.78, 5) is 25.3. The van der Waals surface area contributed by atoms with Crippen LogP contribution in [0.15, 0.2) is 53.4 Å². The summed E-state index contributed by atoms with van der Waals surface area (Å²) in [6.45, 7) is 3.70. The molecule has 2 N–H and O–H groups in total. The topological polar surface area (TPSA) is 105 Å². The largest absolute Gasteiger partial charge is 0.378 e. The van der Waals surface area contributed by atoms with Crippen LogP contribution in [-0.2, 0) is 26.1 Å². The molecule has 0 aliphatic carbocycles. The number of hydrogen-bond donors (Lipinski definition) is 2. The van der Waals surface area contributed by atoms with Crippen molar-refractivity contribution in [2.75, 3.05) is 31.6 Å². The summed E-state index contributed by atoms with van der Waals surface area (Å²) < 4.78 is 32.7. The van der Waals surface area contributed by atoms with Gasteiger partial charge in [-0.05, 0) is 42.0 Å². The first-order valence-corrected chi connectivity index (χ1v) is 10.7. The lowest BCUT2D eigenvalue weighted by Crippen LogP contribution is -2.40. The average molecular weight is 417 g/mol. The third-order valence-electron chi connectivity index (χ3n) is 4.45. The summed E-state index contributed by atoms with van der Waals surface area (Å²) in [5.74, 6) is -0.283. The van der Waals surface area contributed by atoms with Crippen LogP contribution in [0.3, 0.4) is 0 Å². The monoisotopic (exact) mass is 417 g/mol. The van der Waals surface area contributed by atoms with E-state index < -0.39 is 10.0 Å². The fourth-order valence-corrected chi connectivity index (χ4v) is 3.91. The number of nitrogens with zero attached hydrogens (tertiary/aromatic N) is 1. The molecule has 0 atom stereocenters. The molecule has 2 aromatic rings. The molecule has 0 saturated carbocycles. The number of hydrogen-bond acceptors (Lipinski definition) is 5. The van der Waals surface area contributed by atoms with Crippen molar-refractivity contribution in [2.45, 2.75) is 18.4 Å². The fourth-order valence-electron chi connectivity index (χ4n) is 2.90. The molecular weight excluding hydrogens is 394 g/mol. The summed E-state index contributed by atoms with van der Waals surface area (Å²) in [5, 5.41) is 2.59. The van der Waals surface area contributed by atoms with Crippen molar-refractivity contribution in [1.29, 1.82) is 0 Å². The third-order valence-corrected chi connectivity index (χ3v) is 5.87. The molecule has 2 amide bonds. The molecule has 0 unspecified atom stereocenters. The Hall–Kier alpha value is -2.75. The van der Waals surface area contributed by atoms with Crippen molar-refractivity contribution in [2.24, 2.45) is 0 Å². The highest BCUT2D eigenvalue weighted by atomic mass is 32.2. The smallest absolute Gasteiger partial charge is 0.254 e. The normalized spacial score (nSPS) is 14.4. The number of amides is 2. The first-order valence-electron chi connectivity index (χ1n) is 9.18. The minimum atomic E-state index is -3.70. The van der Waals surface area contributed by atoms with Crippen molar-refractivity contribution >= 4 is 27.5 Å². The molecule has 2 aromatic carbocycles. The Morgan fingerprint density at radius 3 is 2.21 bits per heavy atom. The Bertz CT molecular complexity index is 966. The molecule has 0 radical (unpaired) electrons. The van der Waals surface area contributed by atoms with Gasteiger partial charge in [-0.3, -0.25) is 9.59 Å². The first-order chi connectivity index (χ1) is 13.8. The Balaban J connectivity index is 1.60. The van der Waals surface area contributed by atoms with E-state index in [9.17, 15) is 18.0 Å². The SMILES string of the molecule is CC(=O)Nc1ccc(S(=O)(=O)NCc2ccc(C(=O)N3CCOCC3)cc2)cc1. The van der Waals surface area contributed by atoms with Gasteiger partial charge in [-0.1, -0.05) is 12.1 Å². The molecule has 1 aliphatic heterocycles. The van der Waals surface area contributed by atoms with Gasteiger partial charge in [0.1, 0.15) is 0 Å². The van der Waals surface area contributed by atoms with Crippen LogP contribution in [-0.4, -0.2) is 51.4 Å². The standard InChI is InChI=1S/C20H23N3O5S/c1-15(24)22-18-6-8-19(9-7-18)29(26,27)21-14-16-2-4-17(5-3-16)20(25)23-10-12-28-13-11-23/h2-9,21H,10-14H2,1H3,(H,22,24). The highest BCUT2D eigenvalue weighted by Gasteiger charge is 2.18. The van der Waals surface area contributed by atoms with E-state index in [-0.39, 0.29) is 23.3 Å². The highest BCUT2D eigenvalue weighted by molar-refractivity contribution is 7.89. The van der Waals surface area contributed by atoms with Crippen molar-refractivity contribution in [1.82, 2.24) is 9.62 Å². The number of morpholine rings is 1. The summed E-state index contributed by atoms with van der Waals surface area (Å²) >= 11 is 0. The number of nitrogens with one attached hydrogen (secondary N) is 2. The molecule has 8 nitrogen and oxygen atoms in total. The van der Waals surface area contributed by atoms with E-state index >= 15 is 0 Å². The van der Waals surface area contributed by atoms with E-state index in [1.165, 1.54) is 31.2 Å². The molecule has 0 bridgehead atoms. The van der Waals surface area contributed by atoms with Gasteiger partial charge in [0.15, 0.2) is 0 Å². The molecular formula is C20H23N3O5S. The van der Waals surface area contributed by atoms with Crippen LogP contribution in [0.4, 0.5) is 5.69 Å². The average Bonchev–Trinajstić information content (AvgIpc) is 2.73. The number of sulfonamides is 1. The van der Waals surface area contributed by atoms with Crippen molar-refractivity contribution in [3.8, 4) is 0 Å². The summed E-state index contributed by atoms with van der Waals surface area (Å²) in [6, 6.07) is 12.8. The third kappa shape index (κ3) is 5.63. The van der Waals surface area contributed by atoms with E-state index in [2.05, 4.69) is 10.0 Å². The van der Waals surface area contributed by atoms with E-state index in [1.807, 2.05) is 0 Å². The Morgan fingerprint density at radius 2 is 1.62 bits per heavy atom. The van der Waals surface area contributed by atoms with Gasteiger partial charge in [-0.2, -0.15) is 0 Å². The molecule has 29 heavy (non-hydrogen) atoms. The Morgan fingerprint density at radius 1 is 1.00 bits per heavy atom. The molecule has 9 heteroatoms. The molecule has 0 spiro atoms. The van der Waals surface area contributed by atoms with Gasteiger partial charge in [-0.15, -0.1) is 0 Å². The maximum atomic E-state index is 12.4. The van der Waals surface area contributed by atoms with Gasteiger partial charge in [0.25, 0.3) is 5.91 Å². The number of carbonyl (C=O) groups is 2.